The summed E-state index contributed by atoms with van der Waals surface area (Å²) in [6.07, 6.45) is 0. The summed E-state index contributed by atoms with van der Waals surface area (Å²) in [5.41, 5.74) is 1.55. The maximum atomic E-state index is 13.7. The van der Waals surface area contributed by atoms with E-state index < -0.39 is 11.7 Å². The van der Waals surface area contributed by atoms with Crippen LogP contribution in [-0.4, -0.2) is 18.9 Å². The van der Waals surface area contributed by atoms with Crippen molar-refractivity contribution in [2.75, 3.05) is 17.3 Å². The highest BCUT2D eigenvalue weighted by atomic mass is 19.1. The molecular formula is C21H17FN2O2. The van der Waals surface area contributed by atoms with E-state index in [1.54, 1.807) is 37.4 Å². The van der Waals surface area contributed by atoms with Gasteiger partial charge in [0.2, 0.25) is 0 Å². The molecule has 5 heteroatoms. The van der Waals surface area contributed by atoms with Gasteiger partial charge >= 0.3 is 0 Å². The Morgan fingerprint density at radius 1 is 0.885 bits per heavy atom. The molecule has 0 aliphatic rings. The second kappa shape index (κ2) is 7.61. The summed E-state index contributed by atoms with van der Waals surface area (Å²) in [7, 11) is 1.68. The first-order valence-corrected chi connectivity index (χ1v) is 8.05. The van der Waals surface area contributed by atoms with Gasteiger partial charge in [-0.15, -0.1) is 0 Å². The number of amides is 2. The average molecular weight is 348 g/mol. The zero-order valence-electron chi connectivity index (χ0n) is 14.1. The van der Waals surface area contributed by atoms with Gasteiger partial charge in [-0.3, -0.25) is 9.59 Å². The van der Waals surface area contributed by atoms with Gasteiger partial charge < -0.3 is 10.2 Å². The van der Waals surface area contributed by atoms with Crippen molar-refractivity contribution < 1.29 is 14.0 Å². The van der Waals surface area contributed by atoms with E-state index in [1.807, 2.05) is 30.3 Å². The molecule has 1 N–H and O–H groups in total. The quantitative estimate of drug-likeness (QED) is 0.762. The Labute approximate surface area is 150 Å². The SMILES string of the molecule is CN(C(=O)c1cccc(NC(=O)c2ccccc2F)c1)c1ccccc1. The highest BCUT2D eigenvalue weighted by Gasteiger charge is 2.15. The number of hydrogen-bond acceptors (Lipinski definition) is 2. The minimum atomic E-state index is -0.596. The van der Waals surface area contributed by atoms with Crippen LogP contribution in [0.3, 0.4) is 0 Å². The van der Waals surface area contributed by atoms with E-state index in [9.17, 15) is 14.0 Å². The second-order valence-corrected chi connectivity index (χ2v) is 5.71. The molecule has 26 heavy (non-hydrogen) atoms. The van der Waals surface area contributed by atoms with Gasteiger partial charge in [-0.25, -0.2) is 4.39 Å². The van der Waals surface area contributed by atoms with Crippen LogP contribution in [0, 0.1) is 5.82 Å². The van der Waals surface area contributed by atoms with E-state index in [2.05, 4.69) is 5.32 Å². The molecule has 4 nitrogen and oxygen atoms in total. The van der Waals surface area contributed by atoms with Crippen LogP contribution in [0.2, 0.25) is 0 Å². The molecule has 0 radical (unpaired) electrons. The van der Waals surface area contributed by atoms with Gasteiger partial charge in [-0.2, -0.15) is 0 Å². The molecule has 0 bridgehead atoms. The van der Waals surface area contributed by atoms with Crippen LogP contribution in [0.25, 0.3) is 0 Å². The van der Waals surface area contributed by atoms with Gasteiger partial charge in [0.25, 0.3) is 11.8 Å². The predicted octanol–water partition coefficient (Wildman–Crippen LogP) is 4.35. The molecule has 130 valence electrons. The standard InChI is InChI=1S/C21H17FN2O2/c1-24(17-10-3-2-4-11-17)21(26)15-8-7-9-16(14-15)23-20(25)18-12-5-6-13-19(18)22/h2-14H,1H3,(H,23,25). The molecule has 3 aromatic carbocycles. The number of rotatable bonds is 4. The van der Waals surface area contributed by atoms with Crippen molar-refractivity contribution in [3.8, 4) is 0 Å². The van der Waals surface area contributed by atoms with E-state index >= 15 is 0 Å². The van der Waals surface area contributed by atoms with Gasteiger partial charge in [-0.05, 0) is 42.5 Å². The normalized spacial score (nSPS) is 10.2. The topological polar surface area (TPSA) is 49.4 Å². The molecule has 3 rings (SSSR count). The smallest absolute Gasteiger partial charge is 0.258 e. The molecule has 2 amide bonds. The minimum absolute atomic E-state index is 0.0503. The zero-order chi connectivity index (χ0) is 18.5. The first kappa shape index (κ1) is 17.4. The summed E-state index contributed by atoms with van der Waals surface area (Å²) in [5, 5.41) is 2.62. The lowest BCUT2D eigenvalue weighted by molar-refractivity contribution is 0.0989. The van der Waals surface area contributed by atoms with E-state index in [1.165, 1.54) is 23.1 Å². The number of para-hydroxylation sites is 1. The summed E-state index contributed by atoms with van der Waals surface area (Å²) in [5.74, 6) is -1.37. The number of carbonyl (C=O) groups excluding carboxylic acids is 2. The molecule has 0 atom stereocenters. The van der Waals surface area contributed by atoms with Crippen molar-refractivity contribution in [2.24, 2.45) is 0 Å². The highest BCUT2D eigenvalue weighted by molar-refractivity contribution is 6.08. The maximum absolute atomic E-state index is 13.7. The van der Waals surface area contributed by atoms with Gasteiger partial charge in [0.05, 0.1) is 5.56 Å². The van der Waals surface area contributed by atoms with Crippen LogP contribution in [0.15, 0.2) is 78.9 Å². The Hall–Kier alpha value is -3.47. The van der Waals surface area contributed by atoms with Crippen LogP contribution in [0.5, 0.6) is 0 Å². The number of hydrogen-bond donors (Lipinski definition) is 1. The number of nitrogens with one attached hydrogen (secondary N) is 1. The van der Waals surface area contributed by atoms with E-state index in [4.69, 9.17) is 0 Å². The molecule has 0 spiro atoms. The first-order valence-electron chi connectivity index (χ1n) is 8.05. The van der Waals surface area contributed by atoms with Gasteiger partial charge in [0, 0.05) is 24.0 Å². The lowest BCUT2D eigenvalue weighted by atomic mass is 10.1. The molecule has 0 saturated heterocycles. The van der Waals surface area contributed by atoms with Gasteiger partial charge in [-0.1, -0.05) is 36.4 Å². The van der Waals surface area contributed by atoms with Gasteiger partial charge in [0.1, 0.15) is 5.82 Å². The Morgan fingerprint density at radius 3 is 2.31 bits per heavy atom. The Morgan fingerprint density at radius 2 is 1.58 bits per heavy atom. The molecule has 0 heterocycles. The summed E-state index contributed by atoms with van der Waals surface area (Å²) >= 11 is 0. The fraction of sp³-hybridized carbons (Fsp3) is 0.0476. The summed E-state index contributed by atoms with van der Waals surface area (Å²) < 4.78 is 13.7. The average Bonchev–Trinajstić information content (AvgIpc) is 2.68. The lowest BCUT2D eigenvalue weighted by Gasteiger charge is -2.17. The van der Waals surface area contributed by atoms with Crippen molar-refractivity contribution in [3.63, 3.8) is 0 Å². The highest BCUT2D eigenvalue weighted by Crippen LogP contribution is 2.18. The lowest BCUT2D eigenvalue weighted by Crippen LogP contribution is -2.26. The van der Waals surface area contributed by atoms with E-state index in [-0.39, 0.29) is 11.5 Å². The third kappa shape index (κ3) is 3.78. The third-order valence-electron chi connectivity index (χ3n) is 3.93. The fourth-order valence-electron chi connectivity index (χ4n) is 2.54. The zero-order valence-corrected chi connectivity index (χ0v) is 14.1. The molecule has 0 saturated carbocycles. The predicted molar refractivity (Wildman–Crippen MR) is 100.0 cm³/mol. The van der Waals surface area contributed by atoms with Crippen LogP contribution >= 0.6 is 0 Å². The largest absolute Gasteiger partial charge is 0.322 e. The third-order valence-corrected chi connectivity index (χ3v) is 3.93. The number of halogens is 1. The monoisotopic (exact) mass is 348 g/mol. The Balaban J connectivity index is 1.79. The van der Waals surface area contributed by atoms with Crippen LogP contribution in [-0.2, 0) is 0 Å². The molecular weight excluding hydrogens is 331 g/mol. The molecule has 0 aliphatic heterocycles. The fourth-order valence-corrected chi connectivity index (χ4v) is 2.54. The minimum Gasteiger partial charge on any atom is -0.322 e. The van der Waals surface area contributed by atoms with Crippen LogP contribution in [0.1, 0.15) is 20.7 Å². The van der Waals surface area contributed by atoms with Crippen molar-refractivity contribution in [1.29, 1.82) is 0 Å². The van der Waals surface area contributed by atoms with Crippen LogP contribution < -0.4 is 10.2 Å². The summed E-state index contributed by atoms with van der Waals surface area (Å²) in [6.45, 7) is 0. The van der Waals surface area contributed by atoms with Crippen molar-refractivity contribution in [2.45, 2.75) is 0 Å². The van der Waals surface area contributed by atoms with Crippen molar-refractivity contribution in [1.82, 2.24) is 0 Å². The van der Waals surface area contributed by atoms with E-state index in [0.29, 0.717) is 11.3 Å². The molecule has 3 aromatic rings. The number of benzene rings is 3. The number of nitrogens with zero attached hydrogens (tertiary/aromatic N) is 1. The molecule has 0 aliphatic carbocycles. The second-order valence-electron chi connectivity index (χ2n) is 5.71. The molecule has 0 aromatic heterocycles. The number of anilines is 2. The summed E-state index contributed by atoms with van der Waals surface area (Å²) in [4.78, 5) is 26.4. The van der Waals surface area contributed by atoms with Crippen LogP contribution in [0.4, 0.5) is 15.8 Å². The number of carbonyl (C=O) groups is 2. The summed E-state index contributed by atoms with van der Waals surface area (Å²) in [6, 6.07) is 21.5. The first-order chi connectivity index (χ1) is 12.6. The van der Waals surface area contributed by atoms with E-state index in [0.717, 1.165) is 5.69 Å². The molecule has 0 fully saturated rings. The maximum Gasteiger partial charge on any atom is 0.258 e. The van der Waals surface area contributed by atoms with Gasteiger partial charge in [0.15, 0.2) is 0 Å². The molecule has 0 unspecified atom stereocenters. The van der Waals surface area contributed by atoms with Crippen molar-refractivity contribution >= 4 is 23.2 Å². The Bertz CT molecular complexity index is 942. The Kier molecular flexibility index (Phi) is 5.08. The van der Waals surface area contributed by atoms with Crippen molar-refractivity contribution in [3.05, 3.63) is 95.8 Å².